The Morgan fingerprint density at radius 1 is 1.39 bits per heavy atom. The van der Waals surface area contributed by atoms with E-state index in [9.17, 15) is 9.59 Å². The van der Waals surface area contributed by atoms with Crippen LogP contribution in [0.15, 0.2) is 23.1 Å². The molecular formula is C14H20N2O2. The summed E-state index contributed by atoms with van der Waals surface area (Å²) in [6.45, 7) is 4.53. The lowest BCUT2D eigenvalue weighted by Gasteiger charge is -2.34. The second-order valence-electron chi connectivity index (χ2n) is 5.85. The molecule has 0 radical (unpaired) electrons. The molecule has 1 fully saturated rings. The number of nitrogens with one attached hydrogen (secondary N) is 2. The van der Waals surface area contributed by atoms with Crippen LogP contribution in [0.1, 0.15) is 49.9 Å². The van der Waals surface area contributed by atoms with Crippen LogP contribution in [0.3, 0.4) is 0 Å². The fourth-order valence-electron chi connectivity index (χ4n) is 2.40. The lowest BCUT2D eigenvalue weighted by molar-refractivity contribution is 0.0909. The molecular weight excluding hydrogens is 228 g/mol. The number of hydrogen-bond acceptors (Lipinski definition) is 2. The molecule has 4 heteroatoms. The minimum Gasteiger partial charge on any atom is -0.349 e. The van der Waals surface area contributed by atoms with Gasteiger partial charge in [0, 0.05) is 23.9 Å². The van der Waals surface area contributed by atoms with Gasteiger partial charge in [-0.05, 0) is 37.2 Å². The van der Waals surface area contributed by atoms with Crippen LogP contribution in [0.4, 0.5) is 0 Å². The maximum atomic E-state index is 12.0. The lowest BCUT2D eigenvalue weighted by atomic mass is 9.75. The lowest BCUT2D eigenvalue weighted by Crippen LogP contribution is -2.39. The minimum atomic E-state index is -0.243. The van der Waals surface area contributed by atoms with Crippen molar-refractivity contribution in [1.29, 1.82) is 0 Å². The topological polar surface area (TPSA) is 62.0 Å². The molecule has 1 heterocycles. The average molecular weight is 248 g/mol. The smallest absolute Gasteiger partial charge is 0.251 e. The summed E-state index contributed by atoms with van der Waals surface area (Å²) in [5.41, 5.74) is 0.585. The third kappa shape index (κ3) is 3.22. The van der Waals surface area contributed by atoms with Gasteiger partial charge in [-0.3, -0.25) is 9.59 Å². The van der Waals surface area contributed by atoms with Gasteiger partial charge in [0.15, 0.2) is 0 Å². The fraction of sp³-hybridized carbons (Fsp3) is 0.571. The van der Waals surface area contributed by atoms with Gasteiger partial charge in [-0.25, -0.2) is 0 Å². The first-order valence-electron chi connectivity index (χ1n) is 6.46. The highest BCUT2D eigenvalue weighted by atomic mass is 16.2. The molecule has 1 aliphatic rings. The summed E-state index contributed by atoms with van der Waals surface area (Å²) in [5, 5.41) is 3.01. The molecule has 0 atom stereocenters. The molecule has 0 unspecified atom stereocenters. The van der Waals surface area contributed by atoms with Crippen molar-refractivity contribution in [1.82, 2.24) is 10.3 Å². The molecule has 4 nitrogen and oxygen atoms in total. The van der Waals surface area contributed by atoms with Gasteiger partial charge >= 0.3 is 0 Å². The molecule has 1 aliphatic carbocycles. The molecule has 0 aromatic carbocycles. The van der Waals surface area contributed by atoms with E-state index in [1.165, 1.54) is 12.3 Å². The molecule has 18 heavy (non-hydrogen) atoms. The monoisotopic (exact) mass is 248 g/mol. The predicted octanol–water partition coefficient (Wildman–Crippen LogP) is 2.07. The molecule has 1 saturated carbocycles. The van der Waals surface area contributed by atoms with Crippen molar-refractivity contribution < 1.29 is 4.79 Å². The van der Waals surface area contributed by atoms with Crippen molar-refractivity contribution in [2.75, 3.05) is 0 Å². The Bertz CT molecular complexity index is 481. The maximum Gasteiger partial charge on any atom is 0.251 e. The molecule has 0 aliphatic heterocycles. The molecule has 1 aromatic rings. The van der Waals surface area contributed by atoms with Crippen molar-refractivity contribution in [3.8, 4) is 0 Å². The Balaban J connectivity index is 1.95. The van der Waals surface area contributed by atoms with Crippen LogP contribution in [0, 0.1) is 5.41 Å². The second-order valence-corrected chi connectivity index (χ2v) is 5.85. The average Bonchev–Trinajstić information content (AvgIpc) is 2.32. The molecule has 0 spiro atoms. The summed E-state index contributed by atoms with van der Waals surface area (Å²) in [4.78, 5) is 25.6. The van der Waals surface area contributed by atoms with Crippen molar-refractivity contribution in [3.63, 3.8) is 0 Å². The zero-order chi connectivity index (χ0) is 13.2. The number of pyridine rings is 1. The van der Waals surface area contributed by atoms with Crippen molar-refractivity contribution in [2.24, 2.45) is 5.41 Å². The summed E-state index contributed by atoms with van der Waals surface area (Å²) in [7, 11) is 0. The van der Waals surface area contributed by atoms with Crippen LogP contribution < -0.4 is 10.9 Å². The summed E-state index contributed by atoms with van der Waals surface area (Å²) >= 11 is 0. The van der Waals surface area contributed by atoms with E-state index < -0.39 is 0 Å². The number of hydrogen-bond donors (Lipinski definition) is 2. The van der Waals surface area contributed by atoms with Crippen molar-refractivity contribution >= 4 is 5.91 Å². The summed E-state index contributed by atoms with van der Waals surface area (Å²) in [6.07, 6.45) is 5.80. The maximum absolute atomic E-state index is 12.0. The van der Waals surface area contributed by atoms with Crippen LogP contribution in [-0.2, 0) is 0 Å². The molecule has 98 valence electrons. The van der Waals surface area contributed by atoms with Crippen LogP contribution >= 0.6 is 0 Å². The number of carbonyl (C=O) groups excluding carboxylic acids is 1. The van der Waals surface area contributed by atoms with E-state index in [-0.39, 0.29) is 17.5 Å². The minimum absolute atomic E-state index is 0.147. The molecule has 1 aromatic heterocycles. The number of aromatic amines is 1. The van der Waals surface area contributed by atoms with E-state index in [4.69, 9.17) is 0 Å². The van der Waals surface area contributed by atoms with Gasteiger partial charge in [0.2, 0.25) is 5.56 Å². The van der Waals surface area contributed by atoms with Gasteiger partial charge in [0.25, 0.3) is 5.91 Å². The molecule has 2 N–H and O–H groups in total. The van der Waals surface area contributed by atoms with E-state index in [2.05, 4.69) is 24.1 Å². The molecule has 1 amide bonds. The molecule has 0 bridgehead atoms. The number of aromatic nitrogens is 1. The van der Waals surface area contributed by atoms with E-state index in [1.54, 1.807) is 6.07 Å². The summed E-state index contributed by atoms with van der Waals surface area (Å²) in [6, 6.07) is 3.20. The summed E-state index contributed by atoms with van der Waals surface area (Å²) in [5.74, 6) is -0.147. The first kappa shape index (κ1) is 12.9. The second kappa shape index (κ2) is 4.96. The third-order valence-corrected chi connectivity index (χ3v) is 3.71. The van der Waals surface area contributed by atoms with Gasteiger partial charge < -0.3 is 10.3 Å². The highest BCUT2D eigenvalue weighted by molar-refractivity contribution is 5.94. The van der Waals surface area contributed by atoms with Crippen molar-refractivity contribution in [3.05, 3.63) is 34.2 Å². The predicted molar refractivity (Wildman–Crippen MR) is 70.6 cm³/mol. The fourth-order valence-corrected chi connectivity index (χ4v) is 2.40. The van der Waals surface area contributed by atoms with Gasteiger partial charge in [-0.1, -0.05) is 13.8 Å². The highest BCUT2D eigenvalue weighted by Gasteiger charge is 2.27. The van der Waals surface area contributed by atoms with Crippen LogP contribution in [0.2, 0.25) is 0 Å². The third-order valence-electron chi connectivity index (χ3n) is 3.71. The number of H-pyrrole nitrogens is 1. The van der Waals surface area contributed by atoms with Gasteiger partial charge in [0.05, 0.1) is 0 Å². The van der Waals surface area contributed by atoms with Gasteiger partial charge in [-0.2, -0.15) is 0 Å². The highest BCUT2D eigenvalue weighted by Crippen LogP contribution is 2.34. The molecule has 2 rings (SSSR count). The van der Waals surface area contributed by atoms with Crippen LogP contribution in [0.25, 0.3) is 0 Å². The number of carbonyl (C=O) groups is 1. The Morgan fingerprint density at radius 2 is 2.06 bits per heavy atom. The molecule has 0 saturated heterocycles. The van der Waals surface area contributed by atoms with Gasteiger partial charge in [-0.15, -0.1) is 0 Å². The van der Waals surface area contributed by atoms with E-state index in [1.807, 2.05) is 0 Å². The first-order valence-corrected chi connectivity index (χ1v) is 6.46. The number of amides is 1. The van der Waals surface area contributed by atoms with Crippen LogP contribution in [0.5, 0.6) is 0 Å². The Labute approximate surface area is 107 Å². The Morgan fingerprint density at radius 3 is 2.67 bits per heavy atom. The SMILES string of the molecule is CC1(C)CCC(NC(=O)c2cc[nH]c(=O)c2)CC1. The first-order chi connectivity index (χ1) is 8.46. The van der Waals surface area contributed by atoms with E-state index >= 15 is 0 Å². The Hall–Kier alpha value is -1.58. The standard InChI is InChI=1S/C14H20N2O2/c1-14(2)6-3-11(4-7-14)16-13(18)10-5-8-15-12(17)9-10/h5,8-9,11H,3-4,6-7H2,1-2H3,(H,15,17)(H,16,18). The Kier molecular flexibility index (Phi) is 3.55. The summed E-state index contributed by atoms with van der Waals surface area (Å²) < 4.78 is 0. The zero-order valence-corrected chi connectivity index (χ0v) is 11.0. The van der Waals surface area contributed by atoms with E-state index in [0.717, 1.165) is 25.7 Å². The zero-order valence-electron chi connectivity index (χ0n) is 11.0. The largest absolute Gasteiger partial charge is 0.349 e. The van der Waals surface area contributed by atoms with E-state index in [0.29, 0.717) is 11.0 Å². The van der Waals surface area contributed by atoms with Gasteiger partial charge in [0.1, 0.15) is 0 Å². The van der Waals surface area contributed by atoms with Crippen LogP contribution in [-0.4, -0.2) is 16.9 Å². The quantitative estimate of drug-likeness (QED) is 0.841. The normalized spacial score (nSPS) is 19.4. The van der Waals surface area contributed by atoms with Crippen molar-refractivity contribution in [2.45, 2.75) is 45.6 Å². The number of rotatable bonds is 2.